The van der Waals surface area contributed by atoms with Gasteiger partial charge in [-0.1, -0.05) is 74.5 Å². The van der Waals surface area contributed by atoms with E-state index in [1.807, 2.05) is 0 Å². The Morgan fingerprint density at radius 1 is 0.962 bits per heavy atom. The lowest BCUT2D eigenvalue weighted by Crippen LogP contribution is -2.12. The second kappa shape index (κ2) is 7.28. The highest BCUT2D eigenvalue weighted by Gasteiger charge is 2.16. The van der Waals surface area contributed by atoms with Crippen LogP contribution in [0.1, 0.15) is 48.6 Å². The molecule has 0 spiro atoms. The third kappa shape index (κ3) is 4.18. The van der Waals surface area contributed by atoms with Crippen LogP contribution in [-0.4, -0.2) is 15.2 Å². The standard InChI is InChI=1S/C22H27N3S/c1-14-7-9-17(10-8-14)20-23-21(25-24-20)26-13-19-15(2)11-18(12-16(19)3)22(4,5)6/h7-12H,13H2,1-6H3,(H,23,24,25). The maximum atomic E-state index is 4.64. The Morgan fingerprint density at radius 3 is 2.15 bits per heavy atom. The van der Waals surface area contributed by atoms with Crippen LogP contribution in [0.25, 0.3) is 11.4 Å². The smallest absolute Gasteiger partial charge is 0.209 e. The molecule has 2 aromatic carbocycles. The third-order valence-electron chi connectivity index (χ3n) is 4.70. The summed E-state index contributed by atoms with van der Waals surface area (Å²) in [6, 6.07) is 13.0. The van der Waals surface area contributed by atoms with Crippen LogP contribution in [0.3, 0.4) is 0 Å². The Balaban J connectivity index is 1.75. The fourth-order valence-corrected chi connectivity index (χ4v) is 3.94. The molecule has 3 aromatic rings. The average Bonchev–Trinajstić information content (AvgIpc) is 3.02. The van der Waals surface area contributed by atoms with Crippen LogP contribution in [0.2, 0.25) is 0 Å². The molecule has 0 radical (unpaired) electrons. The Labute approximate surface area is 160 Å². The van der Waals surface area contributed by atoms with Gasteiger partial charge in [0.2, 0.25) is 5.16 Å². The molecule has 3 rings (SSSR count). The van der Waals surface area contributed by atoms with Crippen LogP contribution in [0, 0.1) is 20.8 Å². The average molecular weight is 366 g/mol. The fourth-order valence-electron chi connectivity index (χ4n) is 2.94. The summed E-state index contributed by atoms with van der Waals surface area (Å²) in [5, 5.41) is 8.22. The minimum Gasteiger partial charge on any atom is -0.258 e. The number of aryl methyl sites for hydroxylation is 3. The van der Waals surface area contributed by atoms with E-state index >= 15 is 0 Å². The number of nitrogens with one attached hydrogen (secondary N) is 1. The summed E-state index contributed by atoms with van der Waals surface area (Å²) in [7, 11) is 0. The first-order valence-corrected chi connectivity index (χ1v) is 9.95. The first-order chi connectivity index (χ1) is 12.2. The number of hydrogen-bond acceptors (Lipinski definition) is 3. The molecule has 26 heavy (non-hydrogen) atoms. The zero-order chi connectivity index (χ0) is 18.9. The predicted molar refractivity (Wildman–Crippen MR) is 111 cm³/mol. The SMILES string of the molecule is Cc1ccc(-c2nc(SCc3c(C)cc(C(C)(C)C)cc3C)n[nH]2)cc1. The lowest BCUT2D eigenvalue weighted by atomic mass is 9.84. The number of aromatic amines is 1. The van der Waals surface area contributed by atoms with Gasteiger partial charge < -0.3 is 0 Å². The van der Waals surface area contributed by atoms with E-state index < -0.39 is 0 Å². The third-order valence-corrected chi connectivity index (χ3v) is 5.57. The van der Waals surface area contributed by atoms with Crippen LogP contribution < -0.4 is 0 Å². The number of benzene rings is 2. The fraction of sp³-hybridized carbons (Fsp3) is 0.364. The molecule has 3 nitrogen and oxygen atoms in total. The van der Waals surface area contributed by atoms with Gasteiger partial charge in [0.25, 0.3) is 0 Å². The summed E-state index contributed by atoms with van der Waals surface area (Å²) >= 11 is 1.68. The van der Waals surface area contributed by atoms with Gasteiger partial charge in [0.15, 0.2) is 5.82 Å². The molecule has 0 amide bonds. The highest BCUT2D eigenvalue weighted by molar-refractivity contribution is 7.98. The summed E-state index contributed by atoms with van der Waals surface area (Å²) in [5.74, 6) is 1.71. The Hall–Kier alpha value is -2.07. The molecule has 1 N–H and O–H groups in total. The second-order valence-corrected chi connectivity index (χ2v) is 8.90. The molecule has 0 aliphatic carbocycles. The van der Waals surface area contributed by atoms with E-state index in [0.29, 0.717) is 0 Å². The zero-order valence-corrected chi connectivity index (χ0v) is 17.3. The van der Waals surface area contributed by atoms with Crippen molar-refractivity contribution >= 4 is 11.8 Å². The number of thioether (sulfide) groups is 1. The van der Waals surface area contributed by atoms with Crippen molar-refractivity contribution in [1.29, 1.82) is 0 Å². The maximum Gasteiger partial charge on any atom is 0.209 e. The highest BCUT2D eigenvalue weighted by atomic mass is 32.2. The van der Waals surface area contributed by atoms with E-state index in [0.717, 1.165) is 22.3 Å². The quantitative estimate of drug-likeness (QED) is 0.578. The molecule has 0 saturated carbocycles. The molecule has 1 heterocycles. The monoisotopic (exact) mass is 365 g/mol. The second-order valence-electron chi connectivity index (χ2n) is 7.96. The van der Waals surface area contributed by atoms with E-state index in [1.54, 1.807) is 11.8 Å². The van der Waals surface area contributed by atoms with Gasteiger partial charge in [-0.15, -0.1) is 5.10 Å². The van der Waals surface area contributed by atoms with Crippen LogP contribution in [0.5, 0.6) is 0 Å². The van der Waals surface area contributed by atoms with Crippen LogP contribution >= 0.6 is 11.8 Å². The van der Waals surface area contributed by atoms with Crippen molar-refractivity contribution in [2.24, 2.45) is 0 Å². The largest absolute Gasteiger partial charge is 0.258 e. The molecule has 4 heteroatoms. The summed E-state index contributed by atoms with van der Waals surface area (Å²) in [5.41, 5.74) is 7.94. The highest BCUT2D eigenvalue weighted by Crippen LogP contribution is 2.30. The summed E-state index contributed by atoms with van der Waals surface area (Å²) in [6.45, 7) is 13.3. The molecule has 0 fully saturated rings. The van der Waals surface area contributed by atoms with E-state index in [4.69, 9.17) is 0 Å². The Kier molecular flexibility index (Phi) is 5.24. The van der Waals surface area contributed by atoms with Crippen molar-refractivity contribution in [2.75, 3.05) is 0 Å². The van der Waals surface area contributed by atoms with Crippen molar-refractivity contribution in [2.45, 2.75) is 57.9 Å². The van der Waals surface area contributed by atoms with Gasteiger partial charge in [0.1, 0.15) is 0 Å². The van der Waals surface area contributed by atoms with E-state index in [2.05, 4.69) is 93.1 Å². The maximum absolute atomic E-state index is 4.64. The van der Waals surface area contributed by atoms with E-state index in [-0.39, 0.29) is 5.41 Å². The van der Waals surface area contributed by atoms with E-state index in [9.17, 15) is 0 Å². The predicted octanol–water partition coefficient (Wildman–Crippen LogP) is 5.99. The molecule has 0 aliphatic heterocycles. The molecular formula is C22H27N3S. The molecule has 0 unspecified atom stereocenters. The van der Waals surface area contributed by atoms with Crippen molar-refractivity contribution in [3.8, 4) is 11.4 Å². The van der Waals surface area contributed by atoms with Gasteiger partial charge in [-0.2, -0.15) is 0 Å². The number of nitrogens with zero attached hydrogens (tertiary/aromatic N) is 2. The molecule has 0 bridgehead atoms. The molecule has 0 atom stereocenters. The van der Waals surface area contributed by atoms with Gasteiger partial charge in [0.05, 0.1) is 0 Å². The van der Waals surface area contributed by atoms with Gasteiger partial charge in [-0.25, -0.2) is 4.98 Å². The Morgan fingerprint density at radius 2 is 1.58 bits per heavy atom. The van der Waals surface area contributed by atoms with Crippen LogP contribution in [0.4, 0.5) is 0 Å². The van der Waals surface area contributed by atoms with Crippen LogP contribution in [-0.2, 0) is 11.2 Å². The van der Waals surface area contributed by atoms with Gasteiger partial charge >= 0.3 is 0 Å². The molecule has 0 aliphatic rings. The summed E-state index contributed by atoms with van der Waals surface area (Å²) in [4.78, 5) is 4.64. The van der Waals surface area contributed by atoms with Crippen molar-refractivity contribution < 1.29 is 0 Å². The minimum atomic E-state index is 0.174. The first-order valence-electron chi connectivity index (χ1n) is 8.97. The molecule has 1 aromatic heterocycles. The first kappa shape index (κ1) is 18.7. The lowest BCUT2D eigenvalue weighted by molar-refractivity contribution is 0.589. The topological polar surface area (TPSA) is 41.6 Å². The van der Waals surface area contributed by atoms with Crippen molar-refractivity contribution in [3.05, 3.63) is 64.2 Å². The molecule has 0 saturated heterocycles. The van der Waals surface area contributed by atoms with E-state index in [1.165, 1.54) is 27.8 Å². The van der Waals surface area contributed by atoms with Crippen molar-refractivity contribution in [1.82, 2.24) is 15.2 Å². The number of rotatable bonds is 4. The van der Waals surface area contributed by atoms with Gasteiger partial charge in [-0.3, -0.25) is 5.10 Å². The molecule has 136 valence electrons. The minimum absolute atomic E-state index is 0.174. The zero-order valence-electron chi connectivity index (χ0n) is 16.5. The Bertz CT molecular complexity index is 879. The number of aromatic nitrogens is 3. The normalized spacial score (nSPS) is 11.8. The van der Waals surface area contributed by atoms with Gasteiger partial charge in [-0.05, 0) is 48.4 Å². The number of H-pyrrole nitrogens is 1. The lowest BCUT2D eigenvalue weighted by Gasteiger charge is -2.22. The van der Waals surface area contributed by atoms with Crippen LogP contribution in [0.15, 0.2) is 41.6 Å². The molecular weight excluding hydrogens is 338 g/mol. The summed E-state index contributed by atoms with van der Waals surface area (Å²) < 4.78 is 0. The van der Waals surface area contributed by atoms with Crippen molar-refractivity contribution in [3.63, 3.8) is 0 Å². The van der Waals surface area contributed by atoms with Gasteiger partial charge in [0, 0.05) is 11.3 Å². The number of hydrogen-bond donors (Lipinski definition) is 1. The summed E-state index contributed by atoms with van der Waals surface area (Å²) in [6.07, 6.45) is 0.